The van der Waals surface area contributed by atoms with Gasteiger partial charge in [-0.25, -0.2) is 0 Å². The molecule has 0 aromatic heterocycles. The number of carbonyl (C=O) groups is 1. The fraction of sp³-hybridized carbons (Fsp3) is 0.438. The minimum absolute atomic E-state index is 0.0130. The van der Waals surface area contributed by atoms with Gasteiger partial charge in [0.15, 0.2) is 0 Å². The Bertz CT molecular complexity index is 431. The van der Waals surface area contributed by atoms with Crippen LogP contribution in [0.4, 0.5) is 0 Å². The number of aliphatic hydroxyl groups excluding tert-OH is 1. The number of benzene rings is 1. The van der Waals surface area contributed by atoms with Gasteiger partial charge in [-0.05, 0) is 32.3 Å². The Morgan fingerprint density at radius 1 is 1.40 bits per heavy atom. The topological polar surface area (TPSA) is 58.6 Å². The molecule has 0 fully saturated rings. The molecule has 0 bridgehead atoms. The van der Waals surface area contributed by atoms with Gasteiger partial charge in [-0.1, -0.05) is 36.9 Å². The Morgan fingerprint density at radius 2 is 2.05 bits per heavy atom. The largest absolute Gasteiger partial charge is 0.511 e. The molecule has 2 unspecified atom stereocenters. The first-order valence-corrected chi connectivity index (χ1v) is 6.89. The maximum Gasteiger partial charge on any atom is 0.323 e. The van der Waals surface area contributed by atoms with Crippen LogP contribution in [0, 0.1) is 0 Å². The van der Waals surface area contributed by atoms with Crippen molar-refractivity contribution in [2.45, 2.75) is 38.8 Å². The van der Waals surface area contributed by atoms with Crippen molar-refractivity contribution in [1.82, 2.24) is 5.32 Å². The van der Waals surface area contributed by atoms with Crippen LogP contribution in [-0.2, 0) is 16.0 Å². The summed E-state index contributed by atoms with van der Waals surface area (Å²) in [5.41, 5.74) is 1.17. The summed E-state index contributed by atoms with van der Waals surface area (Å²) in [6.45, 7) is 7.36. The zero-order valence-corrected chi connectivity index (χ0v) is 12.1. The van der Waals surface area contributed by atoms with Gasteiger partial charge in [-0.2, -0.15) is 0 Å². The molecule has 0 aliphatic carbocycles. The molecular formula is C16H23NO3. The van der Waals surface area contributed by atoms with Crippen molar-refractivity contribution in [1.29, 1.82) is 0 Å². The van der Waals surface area contributed by atoms with Crippen LogP contribution in [0.2, 0.25) is 0 Å². The highest BCUT2D eigenvalue weighted by Crippen LogP contribution is 2.08. The highest BCUT2D eigenvalue weighted by molar-refractivity contribution is 5.75. The van der Waals surface area contributed by atoms with Gasteiger partial charge in [0.1, 0.15) is 11.8 Å². The first kappa shape index (κ1) is 16.2. The van der Waals surface area contributed by atoms with Crippen molar-refractivity contribution in [2.75, 3.05) is 6.61 Å². The highest BCUT2D eigenvalue weighted by atomic mass is 16.5. The number of carbonyl (C=O) groups excluding carboxylic acids is 1. The number of hydrogen-bond donors (Lipinski definition) is 2. The molecule has 0 radical (unpaired) electrons. The van der Waals surface area contributed by atoms with E-state index in [4.69, 9.17) is 4.74 Å². The molecule has 1 aromatic rings. The van der Waals surface area contributed by atoms with E-state index >= 15 is 0 Å². The third kappa shape index (κ3) is 5.45. The van der Waals surface area contributed by atoms with E-state index in [1.807, 2.05) is 30.3 Å². The molecule has 0 aliphatic heterocycles. The zero-order valence-electron chi connectivity index (χ0n) is 12.1. The maximum absolute atomic E-state index is 11.9. The second-order valence-electron chi connectivity index (χ2n) is 4.71. The lowest BCUT2D eigenvalue weighted by Gasteiger charge is -2.21. The number of nitrogens with one attached hydrogen (secondary N) is 1. The van der Waals surface area contributed by atoms with E-state index in [-0.39, 0.29) is 17.8 Å². The average molecular weight is 277 g/mol. The number of aryl methyl sites for hydroxylation is 1. The molecule has 4 nitrogen and oxygen atoms in total. The van der Waals surface area contributed by atoms with Gasteiger partial charge in [0.05, 0.1) is 12.6 Å². The van der Waals surface area contributed by atoms with Crippen molar-refractivity contribution >= 4 is 5.97 Å². The summed E-state index contributed by atoms with van der Waals surface area (Å²) < 4.78 is 5.06. The van der Waals surface area contributed by atoms with Crippen LogP contribution in [0.1, 0.15) is 25.8 Å². The van der Waals surface area contributed by atoms with Crippen molar-refractivity contribution in [3.63, 3.8) is 0 Å². The van der Waals surface area contributed by atoms with Crippen molar-refractivity contribution in [3.8, 4) is 0 Å². The highest BCUT2D eigenvalue weighted by Gasteiger charge is 2.22. The monoisotopic (exact) mass is 277 g/mol. The number of aliphatic hydroxyl groups is 1. The first-order valence-electron chi connectivity index (χ1n) is 6.89. The van der Waals surface area contributed by atoms with E-state index in [0.29, 0.717) is 13.0 Å². The average Bonchev–Trinajstić information content (AvgIpc) is 2.44. The van der Waals surface area contributed by atoms with E-state index < -0.39 is 6.04 Å². The molecule has 2 atom stereocenters. The summed E-state index contributed by atoms with van der Waals surface area (Å²) >= 11 is 0. The van der Waals surface area contributed by atoms with Gasteiger partial charge >= 0.3 is 5.97 Å². The Morgan fingerprint density at radius 3 is 2.60 bits per heavy atom. The van der Waals surface area contributed by atoms with Crippen LogP contribution < -0.4 is 5.32 Å². The van der Waals surface area contributed by atoms with Crippen molar-refractivity contribution in [2.24, 2.45) is 0 Å². The molecule has 1 aromatic carbocycles. The molecular weight excluding hydrogens is 254 g/mol. The zero-order chi connectivity index (χ0) is 15.0. The van der Waals surface area contributed by atoms with Gasteiger partial charge in [0, 0.05) is 0 Å². The van der Waals surface area contributed by atoms with Gasteiger partial charge in [-0.15, -0.1) is 0 Å². The van der Waals surface area contributed by atoms with Crippen LogP contribution in [0.25, 0.3) is 0 Å². The Labute approximate surface area is 120 Å². The molecule has 4 heteroatoms. The second-order valence-corrected chi connectivity index (χ2v) is 4.71. The third-order valence-corrected chi connectivity index (χ3v) is 3.09. The summed E-state index contributed by atoms with van der Waals surface area (Å²) in [5.74, 6) is -0.282. The van der Waals surface area contributed by atoms with E-state index in [2.05, 4.69) is 11.9 Å². The Kier molecular flexibility index (Phi) is 6.81. The predicted molar refractivity (Wildman–Crippen MR) is 79.6 cm³/mol. The summed E-state index contributed by atoms with van der Waals surface area (Å²) in [6, 6.07) is 9.16. The number of esters is 1. The summed E-state index contributed by atoms with van der Waals surface area (Å²) in [7, 11) is 0. The molecule has 20 heavy (non-hydrogen) atoms. The standard InChI is InChI=1S/C16H23NO3/c1-4-20-16(19)15(17-12(2)13(3)18)11-10-14-8-6-5-7-9-14/h5-9,12,15,17-18H,3-4,10-11H2,1-2H3. The third-order valence-electron chi connectivity index (χ3n) is 3.09. The van der Waals surface area contributed by atoms with Crippen LogP contribution in [0.15, 0.2) is 42.7 Å². The lowest BCUT2D eigenvalue weighted by Crippen LogP contribution is -2.44. The van der Waals surface area contributed by atoms with Gasteiger partial charge in [-0.3, -0.25) is 10.1 Å². The summed E-state index contributed by atoms with van der Waals surface area (Å²) in [5, 5.41) is 12.4. The molecule has 0 heterocycles. The van der Waals surface area contributed by atoms with E-state index in [0.717, 1.165) is 6.42 Å². The maximum atomic E-state index is 11.9. The minimum atomic E-state index is -0.450. The second kappa shape index (κ2) is 8.38. The minimum Gasteiger partial charge on any atom is -0.511 e. The molecule has 0 aliphatic rings. The summed E-state index contributed by atoms with van der Waals surface area (Å²) in [6.07, 6.45) is 1.38. The van der Waals surface area contributed by atoms with Crippen LogP contribution in [0.5, 0.6) is 0 Å². The first-order chi connectivity index (χ1) is 9.54. The van der Waals surface area contributed by atoms with Crippen molar-refractivity contribution in [3.05, 3.63) is 48.2 Å². The molecule has 0 amide bonds. The molecule has 1 rings (SSSR count). The normalized spacial score (nSPS) is 13.5. The molecule has 0 saturated heterocycles. The SMILES string of the molecule is C=C(O)C(C)NC(CCc1ccccc1)C(=O)OCC. The molecule has 0 spiro atoms. The van der Waals surface area contributed by atoms with Crippen LogP contribution >= 0.6 is 0 Å². The fourth-order valence-electron chi connectivity index (χ4n) is 1.87. The number of hydrogen-bond acceptors (Lipinski definition) is 4. The smallest absolute Gasteiger partial charge is 0.323 e. The fourth-order valence-corrected chi connectivity index (χ4v) is 1.87. The predicted octanol–water partition coefficient (Wildman–Crippen LogP) is 2.60. The van der Waals surface area contributed by atoms with Crippen LogP contribution in [0.3, 0.4) is 0 Å². The van der Waals surface area contributed by atoms with E-state index in [1.165, 1.54) is 5.56 Å². The van der Waals surface area contributed by atoms with Gasteiger partial charge < -0.3 is 9.84 Å². The lowest BCUT2D eigenvalue weighted by atomic mass is 10.0. The van der Waals surface area contributed by atoms with Gasteiger partial charge in [0.25, 0.3) is 0 Å². The Hall–Kier alpha value is -1.81. The van der Waals surface area contributed by atoms with E-state index in [1.54, 1.807) is 13.8 Å². The Balaban J connectivity index is 2.62. The number of ether oxygens (including phenoxy) is 1. The van der Waals surface area contributed by atoms with E-state index in [9.17, 15) is 9.90 Å². The van der Waals surface area contributed by atoms with Crippen LogP contribution in [-0.4, -0.2) is 29.8 Å². The molecule has 110 valence electrons. The lowest BCUT2D eigenvalue weighted by molar-refractivity contribution is -0.146. The van der Waals surface area contributed by atoms with Gasteiger partial charge in [0.2, 0.25) is 0 Å². The number of rotatable bonds is 8. The van der Waals surface area contributed by atoms with Crippen molar-refractivity contribution < 1.29 is 14.6 Å². The molecule has 0 saturated carbocycles. The summed E-state index contributed by atoms with van der Waals surface area (Å²) in [4.78, 5) is 11.9. The molecule has 2 N–H and O–H groups in total. The quantitative estimate of drug-likeness (QED) is 0.566.